The maximum Gasteiger partial charge on any atom is 0.308 e. The van der Waals surface area contributed by atoms with Gasteiger partial charge in [0, 0.05) is 56.7 Å². The highest BCUT2D eigenvalue weighted by Gasteiger charge is 2.47. The Morgan fingerprint density at radius 3 is 2.67 bits per heavy atom. The number of nitrogens with two attached hydrogens (primary N) is 1. The zero-order valence-corrected chi connectivity index (χ0v) is 24.7. The Balaban J connectivity index is 1.38. The molecule has 0 unspecified atom stereocenters. The highest BCUT2D eigenvalue weighted by atomic mass is 16.5. The second-order valence-electron chi connectivity index (χ2n) is 11.8. The van der Waals surface area contributed by atoms with Crippen LogP contribution in [0.2, 0.25) is 0 Å². The minimum absolute atomic E-state index is 0.0149. The monoisotopic (exact) mass is 576 g/mol. The summed E-state index contributed by atoms with van der Waals surface area (Å²) in [5.74, 6) is -0.943. The first kappa shape index (κ1) is 30.0. The summed E-state index contributed by atoms with van der Waals surface area (Å²) in [6, 6.07) is 13.3. The predicted molar refractivity (Wildman–Crippen MR) is 160 cm³/mol. The van der Waals surface area contributed by atoms with Gasteiger partial charge in [-0.2, -0.15) is 0 Å². The Morgan fingerprint density at radius 1 is 1.10 bits per heavy atom. The summed E-state index contributed by atoms with van der Waals surface area (Å²) >= 11 is 0. The summed E-state index contributed by atoms with van der Waals surface area (Å²) in [4.78, 5) is 45.5. The number of rotatable bonds is 14. The molecule has 3 heterocycles. The number of carbonyl (C=O) groups is 3. The van der Waals surface area contributed by atoms with Gasteiger partial charge in [0.2, 0.25) is 5.91 Å². The van der Waals surface area contributed by atoms with Crippen molar-refractivity contribution in [3.63, 3.8) is 0 Å². The molecule has 0 aromatic heterocycles. The third-order valence-electron chi connectivity index (χ3n) is 9.12. The van der Waals surface area contributed by atoms with Gasteiger partial charge < -0.3 is 25.4 Å². The van der Waals surface area contributed by atoms with E-state index >= 15 is 0 Å². The molecule has 1 fully saturated rings. The first-order valence-electron chi connectivity index (χ1n) is 15.5. The normalized spacial score (nSPS) is 21.3. The van der Waals surface area contributed by atoms with Gasteiger partial charge in [0.05, 0.1) is 19.1 Å². The maximum atomic E-state index is 13.7. The van der Waals surface area contributed by atoms with Crippen LogP contribution >= 0.6 is 0 Å². The standard InChI is InChI=1S/C33H44N4O5/c1-2-3-15-35(16-7-6-14-34)30(38)22-37-21-27(23-10-11-29-24(19-23)13-18-42-29)31(33(40)41)28(37)12-17-36-20-25-8-4-5-9-26(25)32(36)39/h4-5,8-11,19,27-28,31H,2-3,6-7,12-18,20-22,34H2,1H3,(H,40,41)/t27-,28+,31-/m1/s1. The van der Waals surface area contributed by atoms with Crippen molar-refractivity contribution in [1.29, 1.82) is 0 Å². The zero-order chi connectivity index (χ0) is 29.6. The van der Waals surface area contributed by atoms with Crippen molar-refractivity contribution in [3.8, 4) is 5.75 Å². The molecule has 0 aliphatic carbocycles. The van der Waals surface area contributed by atoms with E-state index in [0.717, 1.165) is 54.5 Å². The van der Waals surface area contributed by atoms with E-state index in [0.29, 0.717) is 57.9 Å². The fourth-order valence-electron chi connectivity index (χ4n) is 6.84. The van der Waals surface area contributed by atoms with E-state index in [2.05, 4.69) is 17.9 Å². The molecule has 0 saturated carbocycles. The fraction of sp³-hybridized carbons (Fsp3) is 0.545. The van der Waals surface area contributed by atoms with Crippen LogP contribution < -0.4 is 10.5 Å². The molecule has 0 radical (unpaired) electrons. The largest absolute Gasteiger partial charge is 0.493 e. The van der Waals surface area contributed by atoms with Crippen molar-refractivity contribution in [2.24, 2.45) is 11.7 Å². The van der Waals surface area contributed by atoms with E-state index in [-0.39, 0.29) is 30.3 Å². The molecule has 0 spiro atoms. The molecule has 3 aliphatic rings. The molecule has 3 N–H and O–H groups in total. The molecule has 9 heteroatoms. The molecule has 1 saturated heterocycles. The highest BCUT2D eigenvalue weighted by Crippen LogP contribution is 2.41. The molecule has 2 amide bonds. The average Bonchev–Trinajstić information content (AvgIpc) is 3.69. The zero-order valence-electron chi connectivity index (χ0n) is 24.7. The number of carbonyl (C=O) groups excluding carboxylic acids is 2. The Hall–Kier alpha value is -3.43. The molecule has 3 atom stereocenters. The van der Waals surface area contributed by atoms with Gasteiger partial charge in [-0.25, -0.2) is 0 Å². The lowest BCUT2D eigenvalue weighted by atomic mass is 9.83. The molecule has 3 aliphatic heterocycles. The number of ether oxygens (including phenoxy) is 1. The van der Waals surface area contributed by atoms with Crippen molar-refractivity contribution in [3.05, 3.63) is 64.7 Å². The Bertz CT molecular complexity index is 1280. The SMILES string of the molecule is CCCCN(CCCCN)C(=O)CN1C[C@H](c2ccc3c(c2)CCO3)[C@@H](C(=O)O)[C@@H]1CCN1Cc2ccccc2C1=O. The molecule has 0 bridgehead atoms. The molecular weight excluding hydrogens is 532 g/mol. The summed E-state index contributed by atoms with van der Waals surface area (Å²) in [7, 11) is 0. The fourth-order valence-corrected chi connectivity index (χ4v) is 6.84. The summed E-state index contributed by atoms with van der Waals surface area (Å²) in [6.45, 7) is 6.30. The van der Waals surface area contributed by atoms with Crippen LogP contribution in [-0.4, -0.2) is 89.5 Å². The van der Waals surface area contributed by atoms with Crippen LogP contribution in [0.4, 0.5) is 0 Å². The number of aliphatic carboxylic acids is 1. The summed E-state index contributed by atoms with van der Waals surface area (Å²) in [5.41, 5.74) is 9.50. The van der Waals surface area contributed by atoms with E-state index in [4.69, 9.17) is 10.5 Å². The van der Waals surface area contributed by atoms with Gasteiger partial charge in [-0.05, 0) is 61.1 Å². The van der Waals surface area contributed by atoms with Crippen LogP contribution in [0.15, 0.2) is 42.5 Å². The lowest BCUT2D eigenvalue weighted by Gasteiger charge is -2.31. The van der Waals surface area contributed by atoms with Gasteiger partial charge >= 0.3 is 5.97 Å². The van der Waals surface area contributed by atoms with Crippen LogP contribution in [-0.2, 0) is 22.6 Å². The molecular formula is C33H44N4O5. The second kappa shape index (κ2) is 13.7. The van der Waals surface area contributed by atoms with Crippen LogP contribution in [0, 0.1) is 5.92 Å². The number of unbranched alkanes of at least 4 members (excludes halogenated alkanes) is 2. The van der Waals surface area contributed by atoms with Crippen LogP contribution in [0.3, 0.4) is 0 Å². The Kier molecular flexibility index (Phi) is 9.80. The van der Waals surface area contributed by atoms with Crippen molar-refractivity contribution in [2.75, 3.05) is 45.9 Å². The highest BCUT2D eigenvalue weighted by molar-refractivity contribution is 5.98. The Labute approximate surface area is 248 Å². The summed E-state index contributed by atoms with van der Waals surface area (Å²) in [6.07, 6.45) is 4.92. The lowest BCUT2D eigenvalue weighted by Crippen LogP contribution is -2.45. The third kappa shape index (κ3) is 6.47. The lowest BCUT2D eigenvalue weighted by molar-refractivity contribution is -0.144. The number of amides is 2. The van der Waals surface area contributed by atoms with Gasteiger partial charge in [-0.15, -0.1) is 0 Å². The van der Waals surface area contributed by atoms with E-state index in [9.17, 15) is 19.5 Å². The smallest absolute Gasteiger partial charge is 0.308 e. The predicted octanol–water partition coefficient (Wildman–Crippen LogP) is 3.50. The van der Waals surface area contributed by atoms with Gasteiger partial charge in [-0.1, -0.05) is 43.7 Å². The van der Waals surface area contributed by atoms with Crippen LogP contribution in [0.1, 0.15) is 72.0 Å². The van der Waals surface area contributed by atoms with Gasteiger partial charge in [0.1, 0.15) is 5.75 Å². The van der Waals surface area contributed by atoms with Crippen LogP contribution in [0.5, 0.6) is 5.75 Å². The van der Waals surface area contributed by atoms with E-state index in [1.165, 1.54) is 0 Å². The quantitative estimate of drug-likeness (QED) is 0.331. The molecule has 42 heavy (non-hydrogen) atoms. The first-order valence-corrected chi connectivity index (χ1v) is 15.5. The number of hydrogen-bond acceptors (Lipinski definition) is 6. The van der Waals surface area contributed by atoms with Crippen molar-refractivity contribution < 1.29 is 24.2 Å². The number of carboxylic acids is 1. The summed E-state index contributed by atoms with van der Waals surface area (Å²) < 4.78 is 5.69. The average molecular weight is 577 g/mol. The van der Waals surface area contributed by atoms with Crippen molar-refractivity contribution >= 4 is 17.8 Å². The maximum absolute atomic E-state index is 13.7. The number of nitrogens with zero attached hydrogens (tertiary/aromatic N) is 3. The molecule has 2 aromatic rings. The molecule has 226 valence electrons. The number of benzene rings is 2. The topological polar surface area (TPSA) is 116 Å². The van der Waals surface area contributed by atoms with Crippen molar-refractivity contribution in [2.45, 2.75) is 64.0 Å². The van der Waals surface area contributed by atoms with Gasteiger partial charge in [0.25, 0.3) is 5.91 Å². The van der Waals surface area contributed by atoms with E-state index in [1.807, 2.05) is 46.2 Å². The minimum atomic E-state index is -0.862. The molecule has 9 nitrogen and oxygen atoms in total. The van der Waals surface area contributed by atoms with E-state index < -0.39 is 11.9 Å². The van der Waals surface area contributed by atoms with E-state index in [1.54, 1.807) is 0 Å². The molecule has 5 rings (SSSR count). The van der Waals surface area contributed by atoms with Crippen LogP contribution in [0.25, 0.3) is 0 Å². The third-order valence-corrected chi connectivity index (χ3v) is 9.12. The second-order valence-corrected chi connectivity index (χ2v) is 11.8. The van der Waals surface area contributed by atoms with Crippen molar-refractivity contribution in [1.82, 2.24) is 14.7 Å². The number of hydrogen-bond donors (Lipinski definition) is 2. The number of carboxylic acid groups (broad SMARTS) is 1. The molecule has 2 aromatic carbocycles. The first-order chi connectivity index (χ1) is 20.4. The van der Waals surface area contributed by atoms with Gasteiger partial charge in [0.15, 0.2) is 0 Å². The number of likely N-dealkylation sites (tertiary alicyclic amines) is 1. The Morgan fingerprint density at radius 2 is 1.90 bits per heavy atom. The number of fused-ring (bicyclic) bond motifs is 2. The minimum Gasteiger partial charge on any atom is -0.493 e. The van der Waals surface area contributed by atoms with Gasteiger partial charge in [-0.3, -0.25) is 19.3 Å². The summed E-state index contributed by atoms with van der Waals surface area (Å²) in [5, 5.41) is 10.6.